The summed E-state index contributed by atoms with van der Waals surface area (Å²) in [4.78, 5) is 20.5. The molecule has 0 spiro atoms. The lowest BCUT2D eigenvalue weighted by Crippen LogP contribution is -2.44. The van der Waals surface area contributed by atoms with Crippen LogP contribution < -0.4 is 10.6 Å². The van der Waals surface area contributed by atoms with Gasteiger partial charge in [-0.25, -0.2) is 4.98 Å². The highest BCUT2D eigenvalue weighted by Gasteiger charge is 2.13. The molecule has 2 N–H and O–H groups in total. The molecular weight excluding hydrogens is 284 g/mol. The largest absolute Gasteiger partial charge is 0.350 e. The number of aromatic nitrogens is 2. The van der Waals surface area contributed by atoms with Gasteiger partial charge in [0, 0.05) is 23.7 Å². The Bertz CT molecular complexity index is 589. The van der Waals surface area contributed by atoms with Crippen LogP contribution in [0.3, 0.4) is 0 Å². The number of pyridine rings is 1. The summed E-state index contributed by atoms with van der Waals surface area (Å²) in [7, 11) is 0. The highest BCUT2D eigenvalue weighted by Crippen LogP contribution is 2.20. The molecule has 0 aromatic carbocycles. The Balaban J connectivity index is 1.83. The maximum atomic E-state index is 11.7. The van der Waals surface area contributed by atoms with E-state index in [0.717, 1.165) is 16.4 Å². The first-order valence-electron chi connectivity index (χ1n) is 6.81. The summed E-state index contributed by atoms with van der Waals surface area (Å²) in [5.41, 5.74) is 1.59. The van der Waals surface area contributed by atoms with Gasteiger partial charge in [0.15, 0.2) is 0 Å². The quantitative estimate of drug-likeness (QED) is 0.889. The fourth-order valence-corrected chi connectivity index (χ4v) is 2.56. The summed E-state index contributed by atoms with van der Waals surface area (Å²) in [6, 6.07) is 5.76. The fraction of sp³-hybridized carbons (Fsp3) is 0.400. The third kappa shape index (κ3) is 5.24. The number of thiazole rings is 1. The lowest BCUT2D eigenvalue weighted by molar-refractivity contribution is -0.121. The topological polar surface area (TPSA) is 66.9 Å². The molecule has 2 aromatic rings. The number of rotatable bonds is 5. The summed E-state index contributed by atoms with van der Waals surface area (Å²) >= 11 is 1.56. The molecule has 0 aliphatic carbocycles. The lowest BCUT2D eigenvalue weighted by Gasteiger charge is -2.20. The average molecular weight is 304 g/mol. The monoisotopic (exact) mass is 304 g/mol. The van der Waals surface area contributed by atoms with Gasteiger partial charge in [0.25, 0.3) is 0 Å². The molecule has 0 unspecified atom stereocenters. The Kier molecular flexibility index (Phi) is 5.03. The van der Waals surface area contributed by atoms with Gasteiger partial charge in [-0.2, -0.15) is 0 Å². The third-order valence-corrected chi connectivity index (χ3v) is 3.46. The van der Waals surface area contributed by atoms with Crippen molar-refractivity contribution in [3.63, 3.8) is 0 Å². The number of carbonyl (C=O) groups is 1. The molecule has 0 saturated carbocycles. The minimum Gasteiger partial charge on any atom is -0.350 e. The number of hydrogen-bond acceptors (Lipinski definition) is 5. The van der Waals surface area contributed by atoms with E-state index in [2.05, 4.69) is 20.6 Å². The number of amides is 1. The first kappa shape index (κ1) is 15.6. The van der Waals surface area contributed by atoms with Gasteiger partial charge >= 0.3 is 0 Å². The van der Waals surface area contributed by atoms with Gasteiger partial charge in [0.2, 0.25) is 5.91 Å². The zero-order valence-corrected chi connectivity index (χ0v) is 13.3. The molecule has 0 atom stereocenters. The van der Waals surface area contributed by atoms with Crippen molar-refractivity contribution >= 4 is 17.2 Å². The first-order chi connectivity index (χ1) is 9.94. The van der Waals surface area contributed by atoms with E-state index in [1.54, 1.807) is 17.5 Å². The normalized spacial score (nSPS) is 11.4. The van der Waals surface area contributed by atoms with Crippen LogP contribution in [0.1, 0.15) is 26.5 Å². The molecule has 0 bridgehead atoms. The van der Waals surface area contributed by atoms with Crippen molar-refractivity contribution in [1.29, 1.82) is 0 Å². The highest BCUT2D eigenvalue weighted by atomic mass is 32.1. The molecule has 1 amide bonds. The molecule has 0 aliphatic rings. The van der Waals surface area contributed by atoms with Crippen molar-refractivity contribution in [2.75, 3.05) is 6.54 Å². The van der Waals surface area contributed by atoms with E-state index in [9.17, 15) is 4.79 Å². The predicted octanol–water partition coefficient (Wildman–Crippen LogP) is 2.21. The Morgan fingerprint density at radius 3 is 2.81 bits per heavy atom. The van der Waals surface area contributed by atoms with Crippen LogP contribution in [0.5, 0.6) is 0 Å². The van der Waals surface area contributed by atoms with Gasteiger partial charge in [-0.05, 0) is 32.9 Å². The van der Waals surface area contributed by atoms with Crippen molar-refractivity contribution in [3.8, 4) is 10.7 Å². The molecule has 5 nitrogen and oxygen atoms in total. The lowest BCUT2D eigenvalue weighted by atomic mass is 10.1. The van der Waals surface area contributed by atoms with Crippen molar-refractivity contribution in [2.24, 2.45) is 0 Å². The molecule has 0 radical (unpaired) electrons. The number of hydrogen-bond donors (Lipinski definition) is 2. The van der Waals surface area contributed by atoms with Gasteiger partial charge in [-0.15, -0.1) is 11.3 Å². The Morgan fingerprint density at radius 1 is 1.33 bits per heavy atom. The molecule has 0 fully saturated rings. The van der Waals surface area contributed by atoms with Crippen LogP contribution in [0.2, 0.25) is 0 Å². The zero-order chi connectivity index (χ0) is 15.3. The molecule has 112 valence electrons. The maximum absolute atomic E-state index is 11.7. The molecule has 21 heavy (non-hydrogen) atoms. The Morgan fingerprint density at radius 2 is 2.14 bits per heavy atom. The van der Waals surface area contributed by atoms with E-state index in [1.165, 1.54) is 0 Å². The van der Waals surface area contributed by atoms with Crippen molar-refractivity contribution in [3.05, 3.63) is 35.5 Å². The predicted molar refractivity (Wildman–Crippen MR) is 84.9 cm³/mol. The van der Waals surface area contributed by atoms with Gasteiger partial charge in [0.05, 0.1) is 17.9 Å². The van der Waals surface area contributed by atoms with Gasteiger partial charge < -0.3 is 10.6 Å². The first-order valence-corrected chi connectivity index (χ1v) is 7.69. The summed E-state index contributed by atoms with van der Waals surface area (Å²) in [6.45, 7) is 6.74. The minimum atomic E-state index is -0.203. The van der Waals surface area contributed by atoms with E-state index < -0.39 is 0 Å². The molecule has 2 aromatic heterocycles. The van der Waals surface area contributed by atoms with Gasteiger partial charge in [0.1, 0.15) is 5.01 Å². The Labute approximate surface area is 128 Å². The van der Waals surface area contributed by atoms with E-state index in [1.807, 2.05) is 44.4 Å². The van der Waals surface area contributed by atoms with E-state index in [4.69, 9.17) is 0 Å². The van der Waals surface area contributed by atoms with Crippen LogP contribution in [-0.2, 0) is 11.3 Å². The summed E-state index contributed by atoms with van der Waals surface area (Å²) in [6.07, 6.45) is 1.76. The number of nitrogens with one attached hydrogen (secondary N) is 2. The third-order valence-electron chi connectivity index (χ3n) is 2.54. The van der Waals surface area contributed by atoms with Crippen LogP contribution in [0.4, 0.5) is 0 Å². The molecule has 2 heterocycles. The second kappa shape index (κ2) is 6.78. The number of carbonyl (C=O) groups excluding carboxylic acids is 1. The molecular formula is C15H20N4OS. The average Bonchev–Trinajstić information content (AvgIpc) is 2.86. The second-order valence-electron chi connectivity index (χ2n) is 5.76. The van der Waals surface area contributed by atoms with E-state index in [-0.39, 0.29) is 18.0 Å². The number of nitrogens with zero attached hydrogens (tertiary/aromatic N) is 2. The summed E-state index contributed by atoms with van der Waals surface area (Å²) in [5.74, 6) is -0.0114. The van der Waals surface area contributed by atoms with Crippen molar-refractivity contribution in [1.82, 2.24) is 20.6 Å². The molecule has 0 saturated heterocycles. The van der Waals surface area contributed by atoms with E-state index in [0.29, 0.717) is 6.54 Å². The molecule has 2 rings (SSSR count). The van der Waals surface area contributed by atoms with Gasteiger partial charge in [-0.1, -0.05) is 6.07 Å². The van der Waals surface area contributed by atoms with Crippen LogP contribution in [0.25, 0.3) is 10.7 Å². The summed E-state index contributed by atoms with van der Waals surface area (Å²) in [5, 5.41) is 8.89. The van der Waals surface area contributed by atoms with Crippen molar-refractivity contribution < 1.29 is 4.79 Å². The van der Waals surface area contributed by atoms with Crippen molar-refractivity contribution in [2.45, 2.75) is 32.9 Å². The maximum Gasteiger partial charge on any atom is 0.234 e. The van der Waals surface area contributed by atoms with Crippen LogP contribution >= 0.6 is 11.3 Å². The molecule has 6 heteroatoms. The van der Waals surface area contributed by atoms with Crippen LogP contribution in [0, 0.1) is 0 Å². The van der Waals surface area contributed by atoms with E-state index >= 15 is 0 Å². The van der Waals surface area contributed by atoms with Crippen LogP contribution in [0.15, 0.2) is 29.8 Å². The standard InChI is InChI=1S/C15H20N4OS/c1-15(2,3)19-13(20)9-16-8-11-10-21-14(18-11)12-6-4-5-7-17-12/h4-7,10,16H,8-9H2,1-3H3,(H,19,20). The Hall–Kier alpha value is -1.79. The summed E-state index contributed by atoms with van der Waals surface area (Å²) < 4.78 is 0. The smallest absolute Gasteiger partial charge is 0.234 e. The zero-order valence-electron chi connectivity index (χ0n) is 12.5. The molecule has 0 aliphatic heterocycles. The van der Waals surface area contributed by atoms with Gasteiger partial charge in [-0.3, -0.25) is 9.78 Å². The minimum absolute atomic E-state index is 0.0114. The SMILES string of the molecule is CC(C)(C)NC(=O)CNCc1csc(-c2ccccn2)n1. The fourth-order valence-electron chi connectivity index (χ4n) is 1.76. The second-order valence-corrected chi connectivity index (χ2v) is 6.62. The van der Waals surface area contributed by atoms with Crippen LogP contribution in [-0.4, -0.2) is 28.0 Å². The highest BCUT2D eigenvalue weighted by molar-refractivity contribution is 7.13.